The minimum absolute atomic E-state index is 0.618. The molecule has 1 rings (SSSR count). The lowest BCUT2D eigenvalue weighted by Gasteiger charge is -2.41. The van der Waals surface area contributed by atoms with Gasteiger partial charge in [0.15, 0.2) is 0 Å². The Labute approximate surface area is 77.7 Å². The number of hydrogen-bond donors (Lipinski definition) is 0. The van der Waals surface area contributed by atoms with Crippen molar-refractivity contribution in [2.45, 2.75) is 58.8 Å². The van der Waals surface area contributed by atoms with Crippen LogP contribution in [0.25, 0.3) is 0 Å². The maximum Gasteiger partial charge on any atom is -0.0272 e. The first-order valence-electron chi connectivity index (χ1n) is 5.54. The van der Waals surface area contributed by atoms with Gasteiger partial charge in [0.05, 0.1) is 0 Å². The van der Waals surface area contributed by atoms with E-state index in [1.54, 1.807) is 0 Å². The summed E-state index contributed by atoms with van der Waals surface area (Å²) in [4.78, 5) is 0. The average Bonchev–Trinajstić information content (AvgIpc) is 2.06. The van der Waals surface area contributed by atoms with Crippen molar-refractivity contribution in [2.24, 2.45) is 11.3 Å². The summed E-state index contributed by atoms with van der Waals surface area (Å²) in [6.45, 7) is 8.86. The molecule has 0 bridgehead atoms. The Kier molecular flexibility index (Phi) is 3.61. The lowest BCUT2D eigenvalue weighted by atomic mass is 9.65. The lowest BCUT2D eigenvalue weighted by molar-refractivity contribution is 0.118. The molecule has 0 aromatic heterocycles. The molecule has 1 aliphatic carbocycles. The third-order valence-corrected chi connectivity index (χ3v) is 3.64. The van der Waals surface area contributed by atoms with Crippen LogP contribution in [0.4, 0.5) is 0 Å². The van der Waals surface area contributed by atoms with Gasteiger partial charge in [-0.25, -0.2) is 0 Å². The van der Waals surface area contributed by atoms with Crippen LogP contribution in [0.3, 0.4) is 0 Å². The summed E-state index contributed by atoms with van der Waals surface area (Å²) >= 11 is 0. The first kappa shape index (κ1) is 10.1. The van der Waals surface area contributed by atoms with Crippen molar-refractivity contribution in [1.29, 1.82) is 0 Å². The predicted molar refractivity (Wildman–Crippen MR) is 54.9 cm³/mol. The third-order valence-electron chi connectivity index (χ3n) is 3.64. The summed E-state index contributed by atoms with van der Waals surface area (Å²) in [5.41, 5.74) is 0.618. The maximum atomic E-state index is 4.25. The van der Waals surface area contributed by atoms with E-state index < -0.39 is 0 Å². The van der Waals surface area contributed by atoms with Crippen LogP contribution in [-0.4, -0.2) is 0 Å². The van der Waals surface area contributed by atoms with Crippen LogP contribution >= 0.6 is 0 Å². The van der Waals surface area contributed by atoms with Gasteiger partial charge < -0.3 is 0 Å². The fourth-order valence-corrected chi connectivity index (χ4v) is 2.74. The van der Waals surface area contributed by atoms with E-state index in [0.29, 0.717) is 11.3 Å². The molecule has 0 aliphatic heterocycles. The van der Waals surface area contributed by atoms with Crippen molar-refractivity contribution in [3.63, 3.8) is 0 Å². The van der Waals surface area contributed by atoms with Crippen LogP contribution in [-0.2, 0) is 0 Å². The highest BCUT2D eigenvalue weighted by molar-refractivity contribution is 4.87. The third kappa shape index (κ3) is 2.02. The molecular formula is C12H23. The average molecular weight is 167 g/mol. The van der Waals surface area contributed by atoms with Crippen LogP contribution in [0.5, 0.6) is 0 Å². The highest BCUT2D eigenvalue weighted by Gasteiger charge is 2.33. The molecule has 0 N–H and O–H groups in total. The monoisotopic (exact) mass is 167 g/mol. The Balaban J connectivity index is 2.56. The Morgan fingerprint density at radius 1 is 1.25 bits per heavy atom. The molecule has 1 radical (unpaired) electrons. The van der Waals surface area contributed by atoms with Crippen molar-refractivity contribution < 1.29 is 0 Å². The molecule has 1 saturated carbocycles. The second-order valence-corrected chi connectivity index (χ2v) is 4.57. The zero-order chi connectivity index (χ0) is 9.03. The highest BCUT2D eigenvalue weighted by Crippen LogP contribution is 2.45. The van der Waals surface area contributed by atoms with Crippen LogP contribution in [0.15, 0.2) is 0 Å². The summed E-state index contributed by atoms with van der Waals surface area (Å²) < 4.78 is 0. The molecular weight excluding hydrogens is 144 g/mol. The van der Waals surface area contributed by atoms with Gasteiger partial charge >= 0.3 is 0 Å². The van der Waals surface area contributed by atoms with Crippen LogP contribution < -0.4 is 0 Å². The summed E-state index contributed by atoms with van der Waals surface area (Å²) in [5, 5.41) is 0. The zero-order valence-corrected chi connectivity index (χ0v) is 8.73. The predicted octanol–water partition coefficient (Wildman–Crippen LogP) is 4.21. The van der Waals surface area contributed by atoms with Crippen LogP contribution in [0.1, 0.15) is 58.8 Å². The van der Waals surface area contributed by atoms with Gasteiger partial charge in [-0.15, -0.1) is 0 Å². The molecule has 0 aromatic carbocycles. The van der Waals surface area contributed by atoms with Gasteiger partial charge in [0.2, 0.25) is 0 Å². The van der Waals surface area contributed by atoms with E-state index in [0.717, 1.165) is 0 Å². The fraction of sp³-hybridized carbons (Fsp3) is 0.917. The molecule has 1 fully saturated rings. The second-order valence-electron chi connectivity index (χ2n) is 4.57. The standard InChI is InChI=1S/C12H23/c1-4-8-12(11(2)3)9-6-5-7-10-12/h11H,2,4-10H2,1,3H3. The molecule has 12 heavy (non-hydrogen) atoms. The summed E-state index contributed by atoms with van der Waals surface area (Å²) in [5.74, 6) is 0.651. The van der Waals surface area contributed by atoms with E-state index in [1.165, 1.54) is 44.9 Å². The van der Waals surface area contributed by atoms with E-state index in [4.69, 9.17) is 0 Å². The van der Waals surface area contributed by atoms with Crippen molar-refractivity contribution >= 4 is 0 Å². The fourth-order valence-electron chi connectivity index (χ4n) is 2.74. The minimum Gasteiger partial charge on any atom is -0.0654 e. The summed E-state index contributed by atoms with van der Waals surface area (Å²) in [6, 6.07) is 0. The molecule has 0 heterocycles. The molecule has 0 aromatic rings. The Morgan fingerprint density at radius 3 is 2.25 bits per heavy atom. The normalized spacial score (nSPS) is 23.0. The van der Waals surface area contributed by atoms with E-state index in [1.807, 2.05) is 0 Å². The maximum absolute atomic E-state index is 4.25. The number of rotatable bonds is 3. The number of hydrogen-bond acceptors (Lipinski definition) is 0. The van der Waals surface area contributed by atoms with E-state index in [9.17, 15) is 0 Å². The molecule has 0 spiro atoms. The molecule has 0 saturated heterocycles. The molecule has 1 unspecified atom stereocenters. The van der Waals surface area contributed by atoms with Gasteiger partial charge in [-0.2, -0.15) is 0 Å². The summed E-state index contributed by atoms with van der Waals surface area (Å²) in [7, 11) is 0. The molecule has 0 amide bonds. The van der Waals surface area contributed by atoms with Gasteiger partial charge in [0.25, 0.3) is 0 Å². The van der Waals surface area contributed by atoms with Crippen molar-refractivity contribution in [2.75, 3.05) is 0 Å². The van der Waals surface area contributed by atoms with Gasteiger partial charge in [-0.3, -0.25) is 0 Å². The first-order chi connectivity index (χ1) is 5.71. The van der Waals surface area contributed by atoms with Crippen molar-refractivity contribution in [3.8, 4) is 0 Å². The van der Waals surface area contributed by atoms with Gasteiger partial charge in [0, 0.05) is 0 Å². The largest absolute Gasteiger partial charge is 0.0654 e. The lowest BCUT2D eigenvalue weighted by Crippen LogP contribution is -2.29. The quantitative estimate of drug-likeness (QED) is 0.590. The van der Waals surface area contributed by atoms with Crippen molar-refractivity contribution in [1.82, 2.24) is 0 Å². The highest BCUT2D eigenvalue weighted by atomic mass is 14.4. The Hall–Kier alpha value is 0. The SMILES string of the molecule is [CH2]C(C)C1(CCC)CCCCC1. The smallest absolute Gasteiger partial charge is 0.0272 e. The van der Waals surface area contributed by atoms with Gasteiger partial charge in [-0.05, 0) is 37.5 Å². The van der Waals surface area contributed by atoms with E-state index >= 15 is 0 Å². The van der Waals surface area contributed by atoms with Gasteiger partial charge in [0.1, 0.15) is 0 Å². The van der Waals surface area contributed by atoms with E-state index in [2.05, 4.69) is 20.8 Å². The van der Waals surface area contributed by atoms with Crippen molar-refractivity contribution in [3.05, 3.63) is 6.92 Å². The molecule has 0 nitrogen and oxygen atoms in total. The zero-order valence-electron chi connectivity index (χ0n) is 8.73. The summed E-state index contributed by atoms with van der Waals surface area (Å²) in [6.07, 6.45) is 9.95. The van der Waals surface area contributed by atoms with Crippen LogP contribution in [0, 0.1) is 18.3 Å². The minimum atomic E-state index is 0.618. The molecule has 1 aliphatic rings. The Bertz CT molecular complexity index is 112. The second kappa shape index (κ2) is 4.30. The van der Waals surface area contributed by atoms with E-state index in [-0.39, 0.29) is 0 Å². The topological polar surface area (TPSA) is 0 Å². The molecule has 71 valence electrons. The molecule has 0 heteroatoms. The van der Waals surface area contributed by atoms with Gasteiger partial charge in [-0.1, -0.05) is 39.5 Å². The Morgan fingerprint density at radius 2 is 1.83 bits per heavy atom. The first-order valence-corrected chi connectivity index (χ1v) is 5.54. The molecule has 1 atom stereocenters. The van der Waals surface area contributed by atoms with Crippen LogP contribution in [0.2, 0.25) is 0 Å².